The van der Waals surface area contributed by atoms with Crippen LogP contribution in [-0.2, 0) is 6.18 Å². The lowest BCUT2D eigenvalue weighted by molar-refractivity contribution is -0.137. The first-order chi connectivity index (χ1) is 73.4. The summed E-state index contributed by atoms with van der Waals surface area (Å²) in [5.74, 6) is -4.34. The molecule has 6 aromatic heterocycles. The molecule has 0 aliphatic heterocycles. The van der Waals surface area contributed by atoms with Crippen molar-refractivity contribution in [1.29, 1.82) is 21.0 Å². The van der Waals surface area contributed by atoms with Crippen molar-refractivity contribution in [2.75, 3.05) is 0 Å². The monoisotopic (exact) mass is 1960 g/mol. The van der Waals surface area contributed by atoms with Crippen molar-refractivity contribution < 1.29 is 39.5 Å². The molecule has 0 N–H and O–H groups in total. The van der Waals surface area contributed by atoms with Gasteiger partial charge in [-0.05, 0) is 241 Å². The highest BCUT2D eigenvalue weighted by Gasteiger charge is 2.34. The summed E-state index contributed by atoms with van der Waals surface area (Å²) in [5.41, 5.74) is 20.7. The van der Waals surface area contributed by atoms with Gasteiger partial charge in [0.1, 0.15) is 34.9 Å². The van der Waals surface area contributed by atoms with Gasteiger partial charge < -0.3 is 27.4 Å². The molecule has 27 aromatic rings. The number of nitriles is 4. The maximum absolute atomic E-state index is 15.3. The lowest BCUT2D eigenvalue weighted by Crippen LogP contribution is -2.07. The number of rotatable bonds is 12. The molecule has 0 unspecified atom stereocenters. The molecule has 21 aromatic carbocycles. The summed E-state index contributed by atoms with van der Waals surface area (Å²) in [6.45, 7) is 0. The van der Waals surface area contributed by atoms with Gasteiger partial charge in [-0.1, -0.05) is 218 Å². The number of aromatic nitrogens is 6. The van der Waals surface area contributed by atoms with Gasteiger partial charge >= 0.3 is 6.18 Å². The Bertz CT molecular complexity index is 10300. The number of nitrogens with zero attached hydrogens (tertiary/aromatic N) is 10. The predicted molar refractivity (Wildman–Crippen MR) is 582 cm³/mol. The minimum Gasteiger partial charge on any atom is -0.309 e. The molecule has 27 rings (SSSR count). The van der Waals surface area contributed by atoms with Crippen LogP contribution in [0.15, 0.2) is 443 Å². The third kappa shape index (κ3) is 15.0. The van der Waals surface area contributed by atoms with Crippen LogP contribution in [0.4, 0.5) is 39.5 Å². The van der Waals surface area contributed by atoms with E-state index in [-0.39, 0.29) is 33.4 Å². The Morgan fingerprint density at radius 2 is 0.367 bits per heavy atom. The molecule has 710 valence electrons. The fraction of sp³-hybridized carbons (Fsp3) is 0.00763. The lowest BCUT2D eigenvalue weighted by atomic mass is 9.98. The summed E-state index contributed by atoms with van der Waals surface area (Å²) in [5, 5.41) is 51.2. The molecular formula is C131H73F9N10. The van der Waals surface area contributed by atoms with Gasteiger partial charge in [0.15, 0.2) is 0 Å². The van der Waals surface area contributed by atoms with Gasteiger partial charge in [-0.25, -0.2) is 26.3 Å². The van der Waals surface area contributed by atoms with Crippen molar-refractivity contribution in [3.63, 3.8) is 0 Å². The first kappa shape index (κ1) is 91.0. The molecule has 0 aliphatic rings. The van der Waals surface area contributed by atoms with E-state index in [1.165, 1.54) is 89.6 Å². The second-order valence-corrected chi connectivity index (χ2v) is 36.8. The van der Waals surface area contributed by atoms with Gasteiger partial charge in [-0.2, -0.15) is 34.2 Å². The highest BCUT2D eigenvalue weighted by molar-refractivity contribution is 6.17. The maximum Gasteiger partial charge on any atom is 0.416 e. The van der Waals surface area contributed by atoms with Crippen LogP contribution in [0.5, 0.6) is 0 Å². The zero-order valence-electron chi connectivity index (χ0n) is 79.0. The molecule has 0 saturated carbocycles. The summed E-state index contributed by atoms with van der Waals surface area (Å²) in [6.07, 6.45) is -4.58. The smallest absolute Gasteiger partial charge is 0.309 e. The van der Waals surface area contributed by atoms with Crippen molar-refractivity contribution in [2.24, 2.45) is 0 Å². The Morgan fingerprint density at radius 1 is 0.167 bits per heavy atom. The van der Waals surface area contributed by atoms with Gasteiger partial charge in [0.25, 0.3) is 0 Å². The summed E-state index contributed by atoms with van der Waals surface area (Å²) >= 11 is 0. The van der Waals surface area contributed by atoms with Crippen LogP contribution in [-0.4, -0.2) is 27.4 Å². The highest BCUT2D eigenvalue weighted by Crippen LogP contribution is 2.50. The fourth-order valence-electron chi connectivity index (χ4n) is 22.1. The third-order valence-electron chi connectivity index (χ3n) is 28.6. The van der Waals surface area contributed by atoms with Crippen LogP contribution in [0.1, 0.15) is 27.8 Å². The first-order valence-electron chi connectivity index (χ1n) is 48.3. The van der Waals surface area contributed by atoms with Gasteiger partial charge in [0.2, 0.25) is 0 Å². The third-order valence-corrected chi connectivity index (χ3v) is 28.6. The normalized spacial score (nSPS) is 11.6. The van der Waals surface area contributed by atoms with Crippen LogP contribution in [0, 0.1) is 80.2 Å². The van der Waals surface area contributed by atoms with E-state index in [1.54, 1.807) is 48.5 Å². The van der Waals surface area contributed by atoms with Crippen molar-refractivity contribution in [3.8, 4) is 125 Å². The number of fused-ring (bicyclic) bond motifs is 18. The SMILES string of the molecule is N#Cc1ccc(-n2c3ccccc3c3cc(-c4cc(C(F)(F)F)ccc4-n4c5ccccc5c5ccccc54)ccc32)c(-c2c(F)cccc2F)c1.N#Cc1ccc(-n2c3ccccc3c3cc(-c4ccccc4-n4c5ccccc5c5ccccc54)ccc32)c(-c2c(F)cccc2F)c1.N#Cc1ccc(-n2c3ccccc3c3ccccc32)c(-c2ccc3c(c2)c2ccccc2n3-c2ccc(C#N)cc2-c2c(F)cccc2F)c1. The van der Waals surface area contributed by atoms with Crippen LogP contribution in [0.3, 0.4) is 0 Å². The van der Waals surface area contributed by atoms with E-state index in [0.29, 0.717) is 67.2 Å². The fourth-order valence-corrected chi connectivity index (χ4v) is 22.1. The number of alkyl halides is 3. The van der Waals surface area contributed by atoms with Gasteiger partial charge in [0, 0.05) is 98.0 Å². The molecule has 0 bridgehead atoms. The van der Waals surface area contributed by atoms with E-state index in [2.05, 4.69) is 161 Å². The predicted octanol–water partition coefficient (Wildman–Crippen LogP) is 35.0. The van der Waals surface area contributed by atoms with Crippen LogP contribution in [0.2, 0.25) is 0 Å². The number of halogens is 9. The second kappa shape index (κ2) is 36.6. The molecule has 150 heavy (non-hydrogen) atoms. The maximum atomic E-state index is 15.3. The van der Waals surface area contributed by atoms with Gasteiger partial charge in [0.05, 0.1) is 169 Å². The van der Waals surface area contributed by atoms with Crippen LogP contribution >= 0.6 is 0 Å². The minimum atomic E-state index is -4.58. The lowest BCUT2D eigenvalue weighted by Gasteiger charge is -2.17. The summed E-state index contributed by atoms with van der Waals surface area (Å²) in [6, 6.07) is 143. The quantitative estimate of drug-likeness (QED) is 0.113. The van der Waals surface area contributed by atoms with Crippen molar-refractivity contribution in [3.05, 3.63) is 506 Å². The standard InChI is InChI=1S/C44H24F5N3.C44H24F2N4.C43H25F2N3/c45-35-11-7-12-36(46)43(35)34-22-26(25-50)16-19-42(34)52-39-15-6-3-10-31(39)33-23-27(17-20-41(33)52)32-24-28(44(47,48)49)18-21-40(32)51-37-13-4-1-8-29(37)30-9-2-5-14-38(30)51;45-36-11-7-12-37(46)44(36)35-23-28(26-48)17-20-43(35)50-40-15-6-3-10-32(40)34-24-29(18-21-42(34)50)33-22-27(25-47)16-19-41(33)49-38-13-4-1-8-30(38)31-9-2-5-14-39(31)49;44-35-14-9-15-36(45)43(35)34-24-27(26-46)20-22-42(34)48-40-19-8-4-13-32(40)33-25-28(21-23-41(33)48)29-10-1-5-16-37(29)47-38-17-6-2-11-30(38)31-12-3-7-18-39(31)47/h1-24H;1-24H;1-25H. The van der Waals surface area contributed by atoms with E-state index < -0.39 is 46.6 Å². The largest absolute Gasteiger partial charge is 0.416 e. The highest BCUT2D eigenvalue weighted by atomic mass is 19.4. The number of hydrogen-bond acceptors (Lipinski definition) is 4. The van der Waals surface area contributed by atoms with Gasteiger partial charge in [-0.15, -0.1) is 0 Å². The van der Waals surface area contributed by atoms with Crippen molar-refractivity contribution >= 4 is 131 Å². The molecule has 0 amide bonds. The van der Waals surface area contributed by atoms with Crippen molar-refractivity contribution in [1.82, 2.24) is 27.4 Å². The molecule has 6 heterocycles. The zero-order valence-corrected chi connectivity index (χ0v) is 79.0. The molecule has 0 fully saturated rings. The average Bonchev–Trinajstić information content (AvgIpc) is 1.58. The molecule has 0 spiro atoms. The summed E-state index contributed by atoms with van der Waals surface area (Å²) < 4.78 is 147. The first-order valence-corrected chi connectivity index (χ1v) is 48.3. The second-order valence-electron chi connectivity index (χ2n) is 36.8. The molecular weight excluding hydrogens is 1880 g/mol. The average molecular weight is 1960 g/mol. The van der Waals surface area contributed by atoms with Gasteiger partial charge in [-0.3, -0.25) is 0 Å². The Morgan fingerprint density at radius 3 is 0.627 bits per heavy atom. The summed E-state index contributed by atoms with van der Waals surface area (Å²) in [7, 11) is 0. The molecule has 0 saturated heterocycles. The Balaban J connectivity index is 0.000000117. The van der Waals surface area contributed by atoms with Crippen LogP contribution in [0.25, 0.3) is 232 Å². The van der Waals surface area contributed by atoms with E-state index in [9.17, 15) is 34.2 Å². The number of benzene rings is 21. The Labute approximate surface area is 850 Å². The van der Waals surface area contributed by atoms with E-state index >= 15 is 26.3 Å². The topological polar surface area (TPSA) is 125 Å². The molecule has 10 nitrogen and oxygen atoms in total. The van der Waals surface area contributed by atoms with E-state index in [4.69, 9.17) is 0 Å². The molecule has 0 atom stereocenters. The molecule has 19 heteroatoms. The number of para-hydroxylation sites is 10. The van der Waals surface area contributed by atoms with E-state index in [1.807, 2.05) is 200 Å². The zero-order chi connectivity index (χ0) is 102. The Hall–Kier alpha value is -20.3. The minimum absolute atomic E-state index is 0.160. The summed E-state index contributed by atoms with van der Waals surface area (Å²) in [4.78, 5) is 0. The molecule has 0 aliphatic carbocycles. The number of hydrogen-bond donors (Lipinski definition) is 0. The Kier molecular flexibility index (Phi) is 22.2. The molecule has 0 radical (unpaired) electrons. The van der Waals surface area contributed by atoms with Crippen molar-refractivity contribution in [2.45, 2.75) is 6.18 Å². The van der Waals surface area contributed by atoms with Crippen LogP contribution < -0.4 is 0 Å². The van der Waals surface area contributed by atoms with E-state index in [0.717, 1.165) is 149 Å².